The number of thioether (sulfide) groups is 1. The van der Waals surface area contributed by atoms with Crippen LogP contribution in [0.4, 0.5) is 0 Å². The van der Waals surface area contributed by atoms with Crippen molar-refractivity contribution in [2.75, 3.05) is 18.1 Å². The molecule has 116 valence electrons. The van der Waals surface area contributed by atoms with Crippen molar-refractivity contribution in [3.05, 3.63) is 33.3 Å². The average Bonchev–Trinajstić information content (AvgIpc) is 2.50. The summed E-state index contributed by atoms with van der Waals surface area (Å²) in [6, 6.07) is 5.74. The summed E-state index contributed by atoms with van der Waals surface area (Å²) < 4.78 is 6.98. The highest BCUT2D eigenvalue weighted by molar-refractivity contribution is 9.10. The lowest BCUT2D eigenvalue weighted by atomic mass is 9.78. The second kappa shape index (κ2) is 6.79. The Morgan fingerprint density at radius 2 is 2.14 bits per heavy atom. The third-order valence-electron chi connectivity index (χ3n) is 4.67. The van der Waals surface area contributed by atoms with Gasteiger partial charge in [0.1, 0.15) is 0 Å². The number of benzene rings is 1. The van der Waals surface area contributed by atoms with Gasteiger partial charge in [-0.25, -0.2) is 0 Å². The Bertz CT molecular complexity index is 500. The number of hydrogen-bond acceptors (Lipinski definition) is 3. The molecule has 2 heterocycles. The van der Waals surface area contributed by atoms with E-state index >= 15 is 0 Å². The fourth-order valence-corrected chi connectivity index (χ4v) is 5.07. The van der Waals surface area contributed by atoms with Crippen LogP contribution in [0.15, 0.2) is 22.7 Å². The first kappa shape index (κ1) is 16.1. The fourth-order valence-electron chi connectivity index (χ4n) is 3.40. The van der Waals surface area contributed by atoms with Crippen molar-refractivity contribution >= 4 is 39.3 Å². The zero-order valence-corrected chi connectivity index (χ0v) is 15.0. The normalized spacial score (nSPS) is 26.7. The van der Waals surface area contributed by atoms with Gasteiger partial charge >= 0.3 is 0 Å². The molecule has 2 unspecified atom stereocenters. The topological polar surface area (TPSA) is 29.5 Å². The summed E-state index contributed by atoms with van der Waals surface area (Å²) >= 11 is 11.6. The summed E-state index contributed by atoms with van der Waals surface area (Å²) in [5.41, 5.74) is 0.921. The monoisotopic (exact) mass is 390 g/mol. The van der Waals surface area contributed by atoms with Crippen molar-refractivity contribution in [3.8, 4) is 0 Å². The van der Waals surface area contributed by atoms with E-state index in [4.69, 9.17) is 16.3 Å². The van der Waals surface area contributed by atoms with Gasteiger partial charge in [-0.3, -0.25) is 0 Å². The second-order valence-electron chi connectivity index (χ2n) is 6.02. The number of aliphatic hydroxyl groups excluding tert-OH is 1. The van der Waals surface area contributed by atoms with E-state index in [0.717, 1.165) is 42.3 Å². The summed E-state index contributed by atoms with van der Waals surface area (Å²) in [6.45, 7) is 0.761. The smallest absolute Gasteiger partial charge is 0.0820 e. The minimum Gasteiger partial charge on any atom is -0.388 e. The molecule has 2 atom stereocenters. The summed E-state index contributed by atoms with van der Waals surface area (Å²) in [4.78, 5) is 0. The number of aliphatic hydroxyl groups is 1. The standard InChI is InChI=1S/C16H20BrClO2S/c17-13-2-1-11(9-14(13)18)15(19)12-3-6-20-16(10-12)4-7-21-8-5-16/h1-2,9,12,15,19H,3-8,10H2. The van der Waals surface area contributed by atoms with Gasteiger partial charge in [0.2, 0.25) is 0 Å². The van der Waals surface area contributed by atoms with Crippen LogP contribution in [-0.4, -0.2) is 28.8 Å². The van der Waals surface area contributed by atoms with Gasteiger partial charge in [0.05, 0.1) is 16.7 Å². The molecule has 1 N–H and O–H groups in total. The number of ether oxygens (including phenoxy) is 1. The third kappa shape index (κ3) is 3.61. The van der Waals surface area contributed by atoms with E-state index in [1.165, 1.54) is 11.5 Å². The van der Waals surface area contributed by atoms with Gasteiger partial charge in [0.25, 0.3) is 0 Å². The summed E-state index contributed by atoms with van der Waals surface area (Å²) in [5, 5.41) is 11.4. The number of halogens is 2. The van der Waals surface area contributed by atoms with E-state index in [9.17, 15) is 5.11 Å². The zero-order valence-electron chi connectivity index (χ0n) is 11.9. The highest BCUT2D eigenvalue weighted by Crippen LogP contribution is 2.44. The molecule has 0 radical (unpaired) electrons. The fraction of sp³-hybridized carbons (Fsp3) is 0.625. The molecular weight excluding hydrogens is 372 g/mol. The van der Waals surface area contributed by atoms with Gasteiger partial charge in [0, 0.05) is 11.1 Å². The summed E-state index contributed by atoms with van der Waals surface area (Å²) in [7, 11) is 0. The molecule has 2 aliphatic heterocycles. The number of hydrogen-bond donors (Lipinski definition) is 1. The van der Waals surface area contributed by atoms with E-state index in [1.54, 1.807) is 0 Å². The Balaban J connectivity index is 1.74. The van der Waals surface area contributed by atoms with Crippen LogP contribution in [0.25, 0.3) is 0 Å². The Labute approximate surface area is 143 Å². The first-order chi connectivity index (χ1) is 10.1. The highest BCUT2D eigenvalue weighted by atomic mass is 79.9. The molecule has 3 rings (SSSR count). The van der Waals surface area contributed by atoms with Crippen molar-refractivity contribution in [2.24, 2.45) is 5.92 Å². The molecule has 5 heteroatoms. The molecule has 0 aromatic heterocycles. The maximum atomic E-state index is 10.7. The van der Waals surface area contributed by atoms with Gasteiger partial charge in [0.15, 0.2) is 0 Å². The van der Waals surface area contributed by atoms with Crippen LogP contribution in [0.2, 0.25) is 5.02 Å². The molecule has 2 saturated heterocycles. The van der Waals surface area contributed by atoms with Crippen LogP contribution in [0.3, 0.4) is 0 Å². The molecule has 2 aliphatic rings. The van der Waals surface area contributed by atoms with E-state index in [-0.39, 0.29) is 11.5 Å². The van der Waals surface area contributed by atoms with Crippen molar-refractivity contribution in [3.63, 3.8) is 0 Å². The summed E-state index contributed by atoms with van der Waals surface area (Å²) in [6.07, 6.45) is 3.65. The molecule has 2 fully saturated rings. The van der Waals surface area contributed by atoms with Gasteiger partial charge in [-0.2, -0.15) is 11.8 Å². The lowest BCUT2D eigenvalue weighted by Crippen LogP contribution is -2.44. The van der Waals surface area contributed by atoms with Crippen LogP contribution in [0.1, 0.15) is 37.4 Å². The quantitative estimate of drug-likeness (QED) is 0.783. The predicted octanol–water partition coefficient (Wildman–Crippen LogP) is 4.83. The molecular formula is C16H20BrClO2S. The van der Waals surface area contributed by atoms with Gasteiger partial charge < -0.3 is 9.84 Å². The van der Waals surface area contributed by atoms with Gasteiger partial charge in [-0.15, -0.1) is 0 Å². The second-order valence-corrected chi connectivity index (χ2v) is 8.50. The SMILES string of the molecule is OC(c1ccc(Br)c(Cl)c1)C1CCOC2(CCSCC2)C1. The zero-order chi connectivity index (χ0) is 14.9. The Hall–Kier alpha value is 0.260. The largest absolute Gasteiger partial charge is 0.388 e. The van der Waals surface area contributed by atoms with Crippen LogP contribution < -0.4 is 0 Å². The Morgan fingerprint density at radius 3 is 2.86 bits per heavy atom. The van der Waals surface area contributed by atoms with Crippen molar-refractivity contribution in [2.45, 2.75) is 37.4 Å². The molecule has 0 amide bonds. The average molecular weight is 392 g/mol. The molecule has 1 spiro atoms. The first-order valence-corrected chi connectivity index (χ1v) is 9.77. The maximum absolute atomic E-state index is 10.7. The number of rotatable bonds is 2. The van der Waals surface area contributed by atoms with Gasteiger partial charge in [-0.1, -0.05) is 17.7 Å². The van der Waals surface area contributed by atoms with E-state index < -0.39 is 6.10 Å². The lowest BCUT2D eigenvalue weighted by molar-refractivity contribution is -0.121. The lowest BCUT2D eigenvalue weighted by Gasteiger charge is -2.44. The molecule has 0 bridgehead atoms. The van der Waals surface area contributed by atoms with Crippen LogP contribution in [0, 0.1) is 5.92 Å². The Morgan fingerprint density at radius 1 is 1.38 bits per heavy atom. The minimum atomic E-state index is -0.453. The van der Waals surface area contributed by atoms with Crippen molar-refractivity contribution < 1.29 is 9.84 Å². The molecule has 0 aliphatic carbocycles. The highest BCUT2D eigenvalue weighted by Gasteiger charge is 2.41. The van der Waals surface area contributed by atoms with Crippen LogP contribution >= 0.6 is 39.3 Å². The summed E-state index contributed by atoms with van der Waals surface area (Å²) in [5.74, 6) is 2.61. The van der Waals surface area contributed by atoms with Crippen molar-refractivity contribution in [1.29, 1.82) is 0 Å². The molecule has 1 aromatic rings. The Kier molecular flexibility index (Phi) is 5.22. The predicted molar refractivity (Wildman–Crippen MR) is 92.1 cm³/mol. The van der Waals surface area contributed by atoms with Crippen LogP contribution in [0.5, 0.6) is 0 Å². The third-order valence-corrected chi connectivity index (χ3v) is 6.88. The maximum Gasteiger partial charge on any atom is 0.0820 e. The molecule has 1 aromatic carbocycles. The van der Waals surface area contributed by atoms with Crippen LogP contribution in [-0.2, 0) is 4.74 Å². The van der Waals surface area contributed by atoms with E-state index in [1.807, 2.05) is 30.0 Å². The minimum absolute atomic E-state index is 0.00824. The van der Waals surface area contributed by atoms with Gasteiger partial charge in [-0.05, 0) is 76.7 Å². The van der Waals surface area contributed by atoms with E-state index in [0.29, 0.717) is 5.02 Å². The first-order valence-electron chi connectivity index (χ1n) is 7.44. The van der Waals surface area contributed by atoms with E-state index in [2.05, 4.69) is 15.9 Å². The molecule has 21 heavy (non-hydrogen) atoms. The molecule has 2 nitrogen and oxygen atoms in total. The van der Waals surface area contributed by atoms with Crippen molar-refractivity contribution in [1.82, 2.24) is 0 Å². The molecule has 0 saturated carbocycles.